The summed E-state index contributed by atoms with van der Waals surface area (Å²) in [6.45, 7) is 7.01. The molecule has 142 valence electrons. The van der Waals surface area contributed by atoms with Crippen LogP contribution in [-0.4, -0.2) is 49.6 Å². The van der Waals surface area contributed by atoms with E-state index in [1.54, 1.807) is 7.11 Å². The molecule has 0 aromatic carbocycles. The highest BCUT2D eigenvalue weighted by Gasteiger charge is 2.36. The molecule has 1 spiro atoms. The first-order valence-corrected chi connectivity index (χ1v) is 9.70. The summed E-state index contributed by atoms with van der Waals surface area (Å²) in [5.74, 6) is 2.12. The van der Waals surface area contributed by atoms with Gasteiger partial charge < -0.3 is 9.30 Å². The quantitative estimate of drug-likeness (QED) is 0.837. The molecule has 2 aromatic heterocycles. The molecule has 7 heteroatoms. The molecule has 0 bridgehead atoms. The van der Waals surface area contributed by atoms with Crippen LogP contribution in [0.3, 0.4) is 0 Å². The van der Waals surface area contributed by atoms with Crippen LogP contribution in [-0.2, 0) is 37.9 Å². The molecule has 0 atom stereocenters. The molecule has 0 aliphatic carbocycles. The highest BCUT2D eigenvalue weighted by atomic mass is 16.5. The molecule has 4 rings (SSSR count). The van der Waals surface area contributed by atoms with E-state index in [1.165, 1.54) is 44.5 Å². The fourth-order valence-corrected chi connectivity index (χ4v) is 4.63. The Kier molecular flexibility index (Phi) is 4.84. The van der Waals surface area contributed by atoms with Crippen LogP contribution >= 0.6 is 0 Å². The van der Waals surface area contributed by atoms with Gasteiger partial charge in [-0.1, -0.05) is 0 Å². The van der Waals surface area contributed by atoms with Crippen LogP contribution in [0.15, 0.2) is 6.07 Å². The lowest BCUT2D eigenvalue weighted by molar-refractivity contribution is 0.0806. The number of fused-ring (bicyclic) bond motifs is 1. The molecule has 0 saturated carbocycles. The predicted octanol–water partition coefficient (Wildman–Crippen LogP) is 2.09. The van der Waals surface area contributed by atoms with Crippen molar-refractivity contribution >= 4 is 0 Å². The van der Waals surface area contributed by atoms with E-state index in [1.807, 2.05) is 11.7 Å². The minimum atomic E-state index is 0.462. The van der Waals surface area contributed by atoms with E-state index in [0.717, 1.165) is 36.9 Å². The molecule has 1 saturated heterocycles. The summed E-state index contributed by atoms with van der Waals surface area (Å²) in [5.41, 5.74) is 2.88. The molecule has 2 aliphatic heterocycles. The molecule has 2 aliphatic rings. The molecular weight excluding hydrogens is 328 g/mol. The Morgan fingerprint density at radius 1 is 1.12 bits per heavy atom. The number of hydrogen-bond acceptors (Lipinski definition) is 5. The lowest BCUT2D eigenvalue weighted by atomic mass is 9.73. The third-order valence-electron chi connectivity index (χ3n) is 6.32. The molecule has 2 aromatic rings. The van der Waals surface area contributed by atoms with Gasteiger partial charge in [0.05, 0.1) is 11.4 Å². The van der Waals surface area contributed by atoms with E-state index < -0.39 is 0 Å². The average Bonchev–Trinajstić information content (AvgIpc) is 3.10. The van der Waals surface area contributed by atoms with Crippen LogP contribution in [0.1, 0.15) is 48.7 Å². The Morgan fingerprint density at radius 3 is 2.58 bits per heavy atom. The molecule has 0 radical (unpaired) electrons. The Labute approximate surface area is 155 Å². The third-order valence-corrected chi connectivity index (χ3v) is 6.32. The Hall–Kier alpha value is -1.73. The van der Waals surface area contributed by atoms with Gasteiger partial charge in [-0.15, -0.1) is 10.2 Å². The number of aromatic nitrogens is 5. The van der Waals surface area contributed by atoms with Crippen LogP contribution in [0.25, 0.3) is 0 Å². The standard InChI is InChI=1S/C19H30N6O/c1-15-12-16(23(2)22-15)13-24-9-6-19(7-10-24)5-4-17-20-21-18(14-26-3)25(17)11-8-19/h12H,4-11,13-14H2,1-3H3. The second-order valence-corrected chi connectivity index (χ2v) is 8.04. The van der Waals surface area contributed by atoms with E-state index in [0.29, 0.717) is 12.0 Å². The van der Waals surface area contributed by atoms with Gasteiger partial charge in [-0.05, 0) is 57.2 Å². The van der Waals surface area contributed by atoms with Gasteiger partial charge in [0.1, 0.15) is 12.4 Å². The minimum Gasteiger partial charge on any atom is -0.377 e. The number of rotatable bonds is 4. The number of aryl methyl sites for hydroxylation is 3. The first-order chi connectivity index (χ1) is 12.6. The Morgan fingerprint density at radius 2 is 1.88 bits per heavy atom. The monoisotopic (exact) mass is 358 g/mol. The van der Waals surface area contributed by atoms with Crippen LogP contribution < -0.4 is 0 Å². The molecule has 4 heterocycles. The van der Waals surface area contributed by atoms with Crippen molar-refractivity contribution in [2.45, 2.75) is 58.7 Å². The molecule has 0 N–H and O–H groups in total. The van der Waals surface area contributed by atoms with E-state index in [9.17, 15) is 0 Å². The minimum absolute atomic E-state index is 0.462. The number of ether oxygens (including phenoxy) is 1. The maximum Gasteiger partial charge on any atom is 0.159 e. The van der Waals surface area contributed by atoms with Crippen LogP contribution in [0.2, 0.25) is 0 Å². The van der Waals surface area contributed by atoms with E-state index in [-0.39, 0.29) is 0 Å². The molecule has 26 heavy (non-hydrogen) atoms. The van der Waals surface area contributed by atoms with Crippen molar-refractivity contribution in [3.8, 4) is 0 Å². The van der Waals surface area contributed by atoms with Crippen molar-refractivity contribution in [3.63, 3.8) is 0 Å². The predicted molar refractivity (Wildman–Crippen MR) is 98.6 cm³/mol. The van der Waals surface area contributed by atoms with Gasteiger partial charge in [0.15, 0.2) is 5.82 Å². The molecule has 7 nitrogen and oxygen atoms in total. The van der Waals surface area contributed by atoms with Gasteiger partial charge in [0.25, 0.3) is 0 Å². The topological polar surface area (TPSA) is 61.0 Å². The van der Waals surface area contributed by atoms with Crippen molar-refractivity contribution in [3.05, 3.63) is 29.1 Å². The second kappa shape index (κ2) is 7.12. The van der Waals surface area contributed by atoms with Crippen LogP contribution in [0.5, 0.6) is 0 Å². The number of nitrogens with zero attached hydrogens (tertiary/aromatic N) is 6. The van der Waals surface area contributed by atoms with Gasteiger partial charge in [0.2, 0.25) is 0 Å². The van der Waals surface area contributed by atoms with Gasteiger partial charge >= 0.3 is 0 Å². The summed E-state index contributed by atoms with van der Waals surface area (Å²) in [5, 5.41) is 13.2. The van der Waals surface area contributed by atoms with Gasteiger partial charge in [0, 0.05) is 33.7 Å². The largest absolute Gasteiger partial charge is 0.377 e. The van der Waals surface area contributed by atoms with Crippen molar-refractivity contribution in [1.82, 2.24) is 29.4 Å². The summed E-state index contributed by atoms with van der Waals surface area (Å²) in [6.07, 6.45) is 6.06. The zero-order valence-corrected chi connectivity index (χ0v) is 16.2. The summed E-state index contributed by atoms with van der Waals surface area (Å²) >= 11 is 0. The number of hydrogen-bond donors (Lipinski definition) is 0. The normalized spacial score (nSPS) is 20.3. The fraction of sp³-hybridized carbons (Fsp3) is 0.737. The Bertz CT molecular complexity index is 756. The molecule has 1 fully saturated rings. The highest BCUT2D eigenvalue weighted by Crippen LogP contribution is 2.41. The number of methoxy groups -OCH3 is 1. The number of likely N-dealkylation sites (tertiary alicyclic amines) is 1. The van der Waals surface area contributed by atoms with Gasteiger partial charge in [-0.3, -0.25) is 9.58 Å². The molecule has 0 amide bonds. The highest BCUT2D eigenvalue weighted by molar-refractivity contribution is 5.09. The maximum atomic E-state index is 5.28. The molecule has 0 unspecified atom stereocenters. The summed E-state index contributed by atoms with van der Waals surface area (Å²) < 4.78 is 9.59. The van der Waals surface area contributed by atoms with Crippen molar-refractivity contribution in [1.29, 1.82) is 0 Å². The third kappa shape index (κ3) is 3.42. The summed E-state index contributed by atoms with van der Waals surface area (Å²) in [6, 6.07) is 2.21. The second-order valence-electron chi connectivity index (χ2n) is 8.04. The lowest BCUT2D eigenvalue weighted by Gasteiger charge is -2.41. The maximum absolute atomic E-state index is 5.28. The van der Waals surface area contributed by atoms with Crippen LogP contribution in [0.4, 0.5) is 0 Å². The van der Waals surface area contributed by atoms with E-state index in [2.05, 4.69) is 37.8 Å². The molecular formula is C19H30N6O. The first kappa shape index (κ1) is 17.7. The van der Waals surface area contributed by atoms with Crippen molar-refractivity contribution < 1.29 is 4.74 Å². The van der Waals surface area contributed by atoms with Crippen molar-refractivity contribution in [2.24, 2.45) is 12.5 Å². The Balaban J connectivity index is 1.37. The van der Waals surface area contributed by atoms with E-state index >= 15 is 0 Å². The lowest BCUT2D eigenvalue weighted by Crippen LogP contribution is -2.40. The fourth-order valence-electron chi connectivity index (χ4n) is 4.63. The van der Waals surface area contributed by atoms with Gasteiger partial charge in [-0.2, -0.15) is 5.10 Å². The average molecular weight is 358 g/mol. The van der Waals surface area contributed by atoms with Crippen LogP contribution in [0, 0.1) is 12.3 Å². The first-order valence-electron chi connectivity index (χ1n) is 9.70. The van der Waals surface area contributed by atoms with E-state index in [4.69, 9.17) is 4.74 Å². The smallest absolute Gasteiger partial charge is 0.159 e. The summed E-state index contributed by atoms with van der Waals surface area (Å²) in [7, 11) is 3.77. The number of piperidine rings is 1. The van der Waals surface area contributed by atoms with Gasteiger partial charge in [-0.25, -0.2) is 0 Å². The van der Waals surface area contributed by atoms with Crippen molar-refractivity contribution in [2.75, 3.05) is 20.2 Å². The SMILES string of the molecule is COCc1nnc2n1CCC1(CC2)CCN(Cc2cc(C)nn2C)CC1. The summed E-state index contributed by atoms with van der Waals surface area (Å²) in [4.78, 5) is 2.59. The zero-order chi connectivity index (χ0) is 18.1. The zero-order valence-electron chi connectivity index (χ0n) is 16.2.